The summed E-state index contributed by atoms with van der Waals surface area (Å²) in [5.74, 6) is -3.27. The van der Waals surface area contributed by atoms with E-state index in [1.807, 2.05) is 6.92 Å². The molecule has 39 heavy (non-hydrogen) atoms. The summed E-state index contributed by atoms with van der Waals surface area (Å²) < 4.78 is 0. The van der Waals surface area contributed by atoms with Crippen molar-refractivity contribution in [1.82, 2.24) is 36.1 Å². The number of aromatic amines is 1. The third kappa shape index (κ3) is 9.37. The largest absolute Gasteiger partial charge is 0.368 e. The fraction of sp³-hybridized carbons (Fsp3) is 0.640. The van der Waals surface area contributed by atoms with Gasteiger partial charge in [-0.25, -0.2) is 4.98 Å². The van der Waals surface area contributed by atoms with Gasteiger partial charge in [0.05, 0.1) is 12.9 Å². The van der Waals surface area contributed by atoms with Crippen LogP contribution < -0.4 is 27.0 Å². The summed E-state index contributed by atoms with van der Waals surface area (Å²) in [6.07, 6.45) is 5.31. The number of hydrogen-bond acceptors (Lipinski definition) is 7. The molecule has 1 saturated heterocycles. The minimum Gasteiger partial charge on any atom is -0.368 e. The molecule has 0 aliphatic carbocycles. The number of nitrogens with two attached hydrogens (primary N) is 1. The highest BCUT2D eigenvalue weighted by atomic mass is 16.2. The Hall–Kier alpha value is -3.97. The molecule has 14 heteroatoms. The Labute approximate surface area is 227 Å². The van der Waals surface area contributed by atoms with E-state index in [2.05, 4.69) is 31.2 Å². The van der Waals surface area contributed by atoms with E-state index in [-0.39, 0.29) is 24.8 Å². The number of nitrogens with zero attached hydrogens (tertiary/aromatic N) is 2. The van der Waals surface area contributed by atoms with Crippen molar-refractivity contribution in [2.45, 2.75) is 84.0 Å². The summed E-state index contributed by atoms with van der Waals surface area (Å²) in [6, 6.07) is -3.49. The van der Waals surface area contributed by atoms with Gasteiger partial charge < -0.3 is 36.9 Å². The first-order valence-corrected chi connectivity index (χ1v) is 13.2. The third-order valence-electron chi connectivity index (χ3n) is 6.82. The van der Waals surface area contributed by atoms with Crippen LogP contribution in [0.25, 0.3) is 0 Å². The van der Waals surface area contributed by atoms with Crippen LogP contribution in [-0.2, 0) is 35.2 Å². The average molecular weight is 549 g/mol. The highest BCUT2D eigenvalue weighted by Gasteiger charge is 2.37. The lowest BCUT2D eigenvalue weighted by Gasteiger charge is -2.29. The summed E-state index contributed by atoms with van der Waals surface area (Å²) in [5, 5.41) is 10.3. The monoisotopic (exact) mass is 548 g/mol. The van der Waals surface area contributed by atoms with Crippen molar-refractivity contribution in [1.29, 1.82) is 0 Å². The van der Waals surface area contributed by atoms with Crippen LogP contribution in [0.1, 0.15) is 59.1 Å². The SMILES string of the molecule is CC[C@H](C)[C@H](NC(=O)[C@@H]1CCCN1C(=O)CNC(=O)[C@H](C)NC(=O)CCc1cnc[nH]1)C(=O)N[C@H](C)C(N)=O. The van der Waals surface area contributed by atoms with E-state index in [4.69, 9.17) is 5.73 Å². The van der Waals surface area contributed by atoms with Crippen molar-refractivity contribution < 1.29 is 28.8 Å². The van der Waals surface area contributed by atoms with Gasteiger partial charge in [0.2, 0.25) is 35.4 Å². The fourth-order valence-corrected chi connectivity index (χ4v) is 4.13. The lowest BCUT2D eigenvalue weighted by molar-refractivity contribution is -0.140. The number of amides is 6. The van der Waals surface area contributed by atoms with Crippen LogP contribution in [0.5, 0.6) is 0 Å². The fourth-order valence-electron chi connectivity index (χ4n) is 4.13. The Morgan fingerprint density at radius 3 is 2.41 bits per heavy atom. The van der Waals surface area contributed by atoms with Gasteiger partial charge in [0, 0.05) is 24.9 Å². The minimum absolute atomic E-state index is 0.167. The summed E-state index contributed by atoms with van der Waals surface area (Å²) >= 11 is 0. The highest BCUT2D eigenvalue weighted by molar-refractivity contribution is 5.95. The van der Waals surface area contributed by atoms with Crippen molar-refractivity contribution in [2.24, 2.45) is 11.7 Å². The number of aromatic nitrogens is 2. The van der Waals surface area contributed by atoms with Crippen molar-refractivity contribution in [3.63, 3.8) is 0 Å². The predicted octanol–water partition coefficient (Wildman–Crippen LogP) is -1.52. The van der Waals surface area contributed by atoms with Gasteiger partial charge in [0.25, 0.3) is 0 Å². The molecule has 216 valence electrons. The second kappa shape index (κ2) is 14.8. The number of aryl methyl sites for hydroxylation is 1. The van der Waals surface area contributed by atoms with E-state index < -0.39 is 53.7 Å². The van der Waals surface area contributed by atoms with Crippen molar-refractivity contribution >= 4 is 35.4 Å². The zero-order chi connectivity index (χ0) is 29.1. The van der Waals surface area contributed by atoms with Gasteiger partial charge in [-0.05, 0) is 39.0 Å². The van der Waals surface area contributed by atoms with Crippen LogP contribution in [0.2, 0.25) is 0 Å². The number of nitrogens with one attached hydrogen (secondary N) is 5. The number of likely N-dealkylation sites (tertiary alicyclic amines) is 1. The Kier molecular flexibility index (Phi) is 11.9. The van der Waals surface area contributed by atoms with Crippen LogP contribution >= 0.6 is 0 Å². The molecule has 0 spiro atoms. The number of carbonyl (C=O) groups is 6. The standard InChI is InChI=1S/C25H40N8O6/c1-5-14(2)21(25(39)31-15(3)22(26)36)32-24(38)18-7-6-10-33(18)20(35)12-28-23(37)16(4)30-19(34)9-8-17-11-27-13-29-17/h11,13-16,18,21H,5-10,12H2,1-4H3,(H2,26,36)(H,27,29)(H,28,37)(H,30,34)(H,31,39)(H,32,38)/t14-,15+,16-,18-,21-/m0/s1. The van der Waals surface area contributed by atoms with E-state index in [1.54, 1.807) is 13.1 Å². The lowest BCUT2D eigenvalue weighted by atomic mass is 9.97. The molecule has 0 saturated carbocycles. The quantitative estimate of drug-likeness (QED) is 0.161. The number of H-pyrrole nitrogens is 1. The van der Waals surface area contributed by atoms with E-state index in [0.717, 1.165) is 5.69 Å². The molecule has 5 atom stereocenters. The topological polar surface area (TPSA) is 208 Å². The first-order valence-electron chi connectivity index (χ1n) is 13.2. The van der Waals surface area contributed by atoms with Crippen LogP contribution in [0, 0.1) is 5.92 Å². The van der Waals surface area contributed by atoms with E-state index in [9.17, 15) is 28.8 Å². The maximum absolute atomic E-state index is 13.1. The van der Waals surface area contributed by atoms with E-state index in [1.165, 1.54) is 25.1 Å². The molecule has 1 aliphatic rings. The van der Waals surface area contributed by atoms with Gasteiger partial charge in [-0.1, -0.05) is 20.3 Å². The van der Waals surface area contributed by atoms with Gasteiger partial charge >= 0.3 is 0 Å². The van der Waals surface area contributed by atoms with Crippen LogP contribution in [0.3, 0.4) is 0 Å². The number of primary amides is 1. The Morgan fingerprint density at radius 1 is 1.08 bits per heavy atom. The van der Waals surface area contributed by atoms with Gasteiger partial charge in [-0.15, -0.1) is 0 Å². The number of hydrogen-bond donors (Lipinski definition) is 6. The number of imidazole rings is 1. The minimum atomic E-state index is -0.917. The maximum Gasteiger partial charge on any atom is 0.243 e. The van der Waals surface area contributed by atoms with Crippen LogP contribution in [0.4, 0.5) is 0 Å². The molecule has 0 aromatic carbocycles. The van der Waals surface area contributed by atoms with Crippen molar-refractivity contribution in [2.75, 3.05) is 13.1 Å². The van der Waals surface area contributed by atoms with Crippen molar-refractivity contribution in [3.05, 3.63) is 18.2 Å². The second-order valence-corrected chi connectivity index (χ2v) is 9.83. The van der Waals surface area contributed by atoms with Gasteiger partial charge in [0.15, 0.2) is 0 Å². The first-order chi connectivity index (χ1) is 18.4. The first kappa shape index (κ1) is 31.2. The molecule has 7 N–H and O–H groups in total. The molecular formula is C25H40N8O6. The molecule has 2 heterocycles. The molecule has 1 fully saturated rings. The normalized spacial score (nSPS) is 17.8. The van der Waals surface area contributed by atoms with Gasteiger partial charge in [-0.3, -0.25) is 28.8 Å². The van der Waals surface area contributed by atoms with Crippen LogP contribution in [-0.4, -0.2) is 87.6 Å². The van der Waals surface area contributed by atoms with Gasteiger partial charge in [0.1, 0.15) is 24.2 Å². The Balaban J connectivity index is 1.88. The predicted molar refractivity (Wildman–Crippen MR) is 140 cm³/mol. The Bertz CT molecular complexity index is 1030. The molecule has 1 aliphatic heterocycles. The van der Waals surface area contributed by atoms with Gasteiger partial charge in [-0.2, -0.15) is 0 Å². The number of rotatable bonds is 14. The molecule has 1 aromatic rings. The third-order valence-corrected chi connectivity index (χ3v) is 6.82. The Morgan fingerprint density at radius 2 is 1.79 bits per heavy atom. The highest BCUT2D eigenvalue weighted by Crippen LogP contribution is 2.19. The molecule has 0 unspecified atom stereocenters. The molecule has 2 rings (SSSR count). The second-order valence-electron chi connectivity index (χ2n) is 9.83. The van der Waals surface area contributed by atoms with E-state index in [0.29, 0.717) is 32.2 Å². The smallest absolute Gasteiger partial charge is 0.243 e. The molecule has 14 nitrogen and oxygen atoms in total. The zero-order valence-electron chi connectivity index (χ0n) is 22.9. The molecule has 0 bridgehead atoms. The lowest BCUT2D eigenvalue weighted by Crippen LogP contribution is -2.58. The van der Waals surface area contributed by atoms with E-state index >= 15 is 0 Å². The molecular weight excluding hydrogens is 508 g/mol. The number of carbonyl (C=O) groups excluding carboxylic acids is 6. The zero-order valence-corrected chi connectivity index (χ0v) is 22.9. The summed E-state index contributed by atoms with van der Waals surface area (Å²) in [4.78, 5) is 82.8. The summed E-state index contributed by atoms with van der Waals surface area (Å²) in [7, 11) is 0. The van der Waals surface area contributed by atoms with Crippen molar-refractivity contribution in [3.8, 4) is 0 Å². The van der Waals surface area contributed by atoms with Crippen LogP contribution in [0.15, 0.2) is 12.5 Å². The summed E-state index contributed by atoms with van der Waals surface area (Å²) in [6.45, 7) is 6.61. The maximum atomic E-state index is 13.1. The molecule has 1 aromatic heterocycles. The molecule has 0 radical (unpaired) electrons. The summed E-state index contributed by atoms with van der Waals surface area (Å²) in [5.41, 5.74) is 6.03. The average Bonchev–Trinajstić information content (AvgIpc) is 3.60. The molecule has 6 amide bonds.